The van der Waals surface area contributed by atoms with Gasteiger partial charge in [-0.05, 0) is 43.0 Å². The molecule has 1 aliphatic rings. The molecule has 1 fully saturated rings. The molecule has 4 rings (SSSR count). The van der Waals surface area contributed by atoms with Crippen LogP contribution in [0.25, 0.3) is 0 Å². The van der Waals surface area contributed by atoms with Crippen LogP contribution in [0.5, 0.6) is 0 Å². The molecule has 6 heteroatoms. The minimum atomic E-state index is 0.104. The van der Waals surface area contributed by atoms with Gasteiger partial charge in [-0.3, -0.25) is 9.48 Å². The Hall–Kier alpha value is -2.89. The average molecular weight is 349 g/mol. The molecule has 0 unspecified atom stereocenters. The van der Waals surface area contributed by atoms with Crippen molar-refractivity contribution in [2.45, 2.75) is 32.4 Å². The number of imidazole rings is 1. The lowest BCUT2D eigenvalue weighted by Crippen LogP contribution is -2.40. The van der Waals surface area contributed by atoms with Gasteiger partial charge in [0.15, 0.2) is 0 Å². The van der Waals surface area contributed by atoms with E-state index in [1.807, 2.05) is 57.7 Å². The molecular formula is C20H23N5O. The highest BCUT2D eigenvalue weighted by Gasteiger charge is 2.25. The van der Waals surface area contributed by atoms with Crippen molar-refractivity contribution in [2.75, 3.05) is 13.1 Å². The molecular weight excluding hydrogens is 326 g/mol. The maximum Gasteiger partial charge on any atom is 0.253 e. The lowest BCUT2D eigenvalue weighted by Gasteiger charge is -2.33. The van der Waals surface area contributed by atoms with Crippen LogP contribution in [0.4, 0.5) is 0 Å². The van der Waals surface area contributed by atoms with E-state index in [0.29, 0.717) is 0 Å². The quantitative estimate of drug-likeness (QED) is 0.728. The van der Waals surface area contributed by atoms with Gasteiger partial charge in [0, 0.05) is 43.8 Å². The van der Waals surface area contributed by atoms with Crippen molar-refractivity contribution in [1.82, 2.24) is 24.2 Å². The molecule has 0 N–H and O–H groups in total. The van der Waals surface area contributed by atoms with Crippen LogP contribution in [-0.2, 0) is 6.54 Å². The summed E-state index contributed by atoms with van der Waals surface area (Å²) in [4.78, 5) is 18.9. The highest BCUT2D eigenvalue weighted by molar-refractivity contribution is 5.94. The summed E-state index contributed by atoms with van der Waals surface area (Å²) in [6.07, 6.45) is 11.5. The largest absolute Gasteiger partial charge is 0.337 e. The van der Waals surface area contributed by atoms with Crippen molar-refractivity contribution in [3.63, 3.8) is 0 Å². The molecule has 0 bridgehead atoms. The van der Waals surface area contributed by atoms with Crippen LogP contribution in [0.2, 0.25) is 0 Å². The first-order chi connectivity index (χ1) is 12.7. The molecule has 1 atom stereocenters. The van der Waals surface area contributed by atoms with Crippen LogP contribution in [0.3, 0.4) is 0 Å². The van der Waals surface area contributed by atoms with Gasteiger partial charge in [0.1, 0.15) is 0 Å². The molecule has 134 valence electrons. The van der Waals surface area contributed by atoms with Gasteiger partial charge in [-0.1, -0.05) is 12.1 Å². The van der Waals surface area contributed by atoms with E-state index in [4.69, 9.17) is 0 Å². The van der Waals surface area contributed by atoms with Gasteiger partial charge in [0.25, 0.3) is 5.91 Å². The van der Waals surface area contributed by atoms with E-state index in [2.05, 4.69) is 16.3 Å². The van der Waals surface area contributed by atoms with Crippen molar-refractivity contribution in [1.29, 1.82) is 0 Å². The summed E-state index contributed by atoms with van der Waals surface area (Å²) in [6.45, 7) is 4.34. The molecule has 26 heavy (non-hydrogen) atoms. The number of hydrogen-bond donors (Lipinski definition) is 0. The number of piperidine rings is 1. The van der Waals surface area contributed by atoms with Crippen molar-refractivity contribution < 1.29 is 4.79 Å². The standard InChI is InChI=1S/C20H23N5O/c1-16-11-22-25(12-16)19-3-2-9-24(14-19)20(26)18-6-4-17(5-7-18)13-23-10-8-21-15-23/h4-8,10-12,15,19H,2-3,9,13-14H2,1H3/t19-/m1/s1. The zero-order chi connectivity index (χ0) is 17.9. The monoisotopic (exact) mass is 349 g/mol. The second-order valence-electron chi connectivity index (χ2n) is 6.98. The third kappa shape index (κ3) is 3.54. The Labute approximate surface area is 153 Å². The van der Waals surface area contributed by atoms with E-state index in [1.54, 1.807) is 12.5 Å². The van der Waals surface area contributed by atoms with E-state index in [9.17, 15) is 4.79 Å². The van der Waals surface area contributed by atoms with E-state index in [-0.39, 0.29) is 11.9 Å². The number of aromatic nitrogens is 4. The predicted octanol–water partition coefficient (Wildman–Crippen LogP) is 2.91. The second-order valence-corrected chi connectivity index (χ2v) is 6.98. The molecule has 3 heterocycles. The fourth-order valence-electron chi connectivity index (χ4n) is 3.51. The zero-order valence-corrected chi connectivity index (χ0v) is 15.0. The average Bonchev–Trinajstić information content (AvgIpc) is 3.34. The number of amides is 1. The molecule has 0 saturated carbocycles. The summed E-state index contributed by atoms with van der Waals surface area (Å²) >= 11 is 0. The van der Waals surface area contributed by atoms with Crippen LogP contribution >= 0.6 is 0 Å². The molecule has 0 spiro atoms. The Morgan fingerprint density at radius 3 is 2.81 bits per heavy atom. The number of carbonyl (C=O) groups is 1. The Morgan fingerprint density at radius 2 is 2.12 bits per heavy atom. The number of hydrogen-bond acceptors (Lipinski definition) is 3. The Balaban J connectivity index is 1.43. The highest BCUT2D eigenvalue weighted by Crippen LogP contribution is 2.23. The van der Waals surface area contributed by atoms with Gasteiger partial charge in [0.05, 0.1) is 18.6 Å². The highest BCUT2D eigenvalue weighted by atomic mass is 16.2. The van der Waals surface area contributed by atoms with Crippen LogP contribution in [0.1, 0.15) is 40.4 Å². The Kier molecular flexibility index (Phi) is 4.56. The van der Waals surface area contributed by atoms with Gasteiger partial charge in [-0.2, -0.15) is 5.10 Å². The Morgan fingerprint density at radius 1 is 1.27 bits per heavy atom. The lowest BCUT2D eigenvalue weighted by atomic mass is 10.0. The fraction of sp³-hybridized carbons (Fsp3) is 0.350. The van der Waals surface area contributed by atoms with Gasteiger partial charge >= 0.3 is 0 Å². The first-order valence-corrected chi connectivity index (χ1v) is 9.04. The third-order valence-corrected chi connectivity index (χ3v) is 4.91. The molecule has 1 aliphatic heterocycles. The van der Waals surface area contributed by atoms with E-state index in [1.165, 1.54) is 0 Å². The van der Waals surface area contributed by atoms with Crippen LogP contribution in [0.15, 0.2) is 55.4 Å². The SMILES string of the molecule is Cc1cnn([C@@H]2CCCN(C(=O)c3ccc(Cn4ccnc4)cc3)C2)c1. The number of benzene rings is 1. The molecule has 1 aromatic carbocycles. The summed E-state index contributed by atoms with van der Waals surface area (Å²) < 4.78 is 4.02. The number of nitrogens with zero attached hydrogens (tertiary/aromatic N) is 5. The number of rotatable bonds is 4. The van der Waals surface area contributed by atoms with Gasteiger partial charge in [0.2, 0.25) is 0 Å². The molecule has 1 saturated heterocycles. The smallest absolute Gasteiger partial charge is 0.253 e. The van der Waals surface area contributed by atoms with Crippen LogP contribution in [-0.4, -0.2) is 43.2 Å². The summed E-state index contributed by atoms with van der Waals surface area (Å²) in [5.41, 5.74) is 3.06. The summed E-state index contributed by atoms with van der Waals surface area (Å²) in [5.74, 6) is 0.104. The number of likely N-dealkylation sites (tertiary alicyclic amines) is 1. The van der Waals surface area contributed by atoms with E-state index < -0.39 is 0 Å². The minimum Gasteiger partial charge on any atom is -0.337 e. The summed E-state index contributed by atoms with van der Waals surface area (Å²) in [6, 6.07) is 8.16. The topological polar surface area (TPSA) is 56.0 Å². The summed E-state index contributed by atoms with van der Waals surface area (Å²) in [5, 5.41) is 4.42. The van der Waals surface area contributed by atoms with Gasteiger partial charge in [-0.25, -0.2) is 4.98 Å². The maximum atomic E-state index is 12.9. The first-order valence-electron chi connectivity index (χ1n) is 9.04. The van der Waals surface area contributed by atoms with Gasteiger partial charge in [-0.15, -0.1) is 0 Å². The third-order valence-electron chi connectivity index (χ3n) is 4.91. The van der Waals surface area contributed by atoms with Crippen molar-refractivity contribution in [3.8, 4) is 0 Å². The summed E-state index contributed by atoms with van der Waals surface area (Å²) in [7, 11) is 0. The molecule has 3 aromatic rings. The molecule has 1 amide bonds. The number of aryl methyl sites for hydroxylation is 1. The molecule has 0 radical (unpaired) electrons. The predicted molar refractivity (Wildman–Crippen MR) is 98.9 cm³/mol. The Bertz CT molecular complexity index is 866. The van der Waals surface area contributed by atoms with Crippen molar-refractivity contribution >= 4 is 5.91 Å². The zero-order valence-electron chi connectivity index (χ0n) is 15.0. The van der Waals surface area contributed by atoms with Crippen LogP contribution in [0, 0.1) is 6.92 Å². The van der Waals surface area contributed by atoms with Gasteiger partial charge < -0.3 is 9.47 Å². The van der Waals surface area contributed by atoms with Crippen molar-refractivity contribution in [3.05, 3.63) is 72.1 Å². The molecule has 6 nitrogen and oxygen atoms in total. The number of carbonyl (C=O) groups excluding carboxylic acids is 1. The molecule has 2 aromatic heterocycles. The first kappa shape index (κ1) is 16.6. The van der Waals surface area contributed by atoms with E-state index >= 15 is 0 Å². The minimum absolute atomic E-state index is 0.104. The second kappa shape index (κ2) is 7.15. The normalized spacial score (nSPS) is 17.4. The maximum absolute atomic E-state index is 12.9. The van der Waals surface area contributed by atoms with Crippen molar-refractivity contribution in [2.24, 2.45) is 0 Å². The lowest BCUT2D eigenvalue weighted by molar-refractivity contribution is 0.0673. The fourth-order valence-corrected chi connectivity index (χ4v) is 3.51. The van der Waals surface area contributed by atoms with E-state index in [0.717, 1.165) is 49.2 Å². The molecule has 0 aliphatic carbocycles. The van der Waals surface area contributed by atoms with Crippen LogP contribution < -0.4 is 0 Å².